The Labute approximate surface area is 133 Å². The fraction of sp³-hybridized carbons (Fsp3) is 0.571. The van der Waals surface area contributed by atoms with Crippen LogP contribution in [0.2, 0.25) is 10.2 Å². The van der Waals surface area contributed by atoms with Gasteiger partial charge in [-0.15, -0.1) is 0 Å². The van der Waals surface area contributed by atoms with Crippen LogP contribution in [-0.4, -0.2) is 39.0 Å². The number of carbonyl (C=O) groups is 2. The predicted molar refractivity (Wildman–Crippen MR) is 81.0 cm³/mol. The highest BCUT2D eigenvalue weighted by Gasteiger charge is 2.29. The molecule has 1 N–H and O–H groups in total. The minimum absolute atomic E-state index is 0.0326. The van der Waals surface area contributed by atoms with Crippen molar-refractivity contribution in [2.75, 3.05) is 6.54 Å². The number of amides is 1. The van der Waals surface area contributed by atoms with Gasteiger partial charge < -0.3 is 14.6 Å². The van der Waals surface area contributed by atoms with Gasteiger partial charge in [0, 0.05) is 26.1 Å². The molecule has 21 heavy (non-hydrogen) atoms. The second-order valence-electron chi connectivity index (χ2n) is 5.31. The van der Waals surface area contributed by atoms with Crippen molar-refractivity contribution in [3.8, 4) is 0 Å². The topological polar surface area (TPSA) is 62.5 Å². The lowest BCUT2D eigenvalue weighted by Gasteiger charge is -2.35. The number of hydrogen-bond acceptors (Lipinski definition) is 2. The molecule has 0 saturated carbocycles. The van der Waals surface area contributed by atoms with E-state index in [0.717, 1.165) is 19.3 Å². The van der Waals surface area contributed by atoms with Gasteiger partial charge in [0.05, 0.1) is 5.02 Å². The second-order valence-corrected chi connectivity index (χ2v) is 6.07. The first-order chi connectivity index (χ1) is 9.91. The van der Waals surface area contributed by atoms with Crippen LogP contribution in [0.3, 0.4) is 0 Å². The van der Waals surface area contributed by atoms with Crippen LogP contribution in [0.5, 0.6) is 0 Å². The first-order valence-electron chi connectivity index (χ1n) is 6.95. The van der Waals surface area contributed by atoms with Crippen molar-refractivity contribution in [2.45, 2.75) is 38.1 Å². The Morgan fingerprint density at radius 3 is 2.67 bits per heavy atom. The summed E-state index contributed by atoms with van der Waals surface area (Å²) in [5.74, 6) is -0.973. The molecule has 1 aromatic rings. The summed E-state index contributed by atoms with van der Waals surface area (Å²) in [5, 5.41) is 9.51. The van der Waals surface area contributed by atoms with Gasteiger partial charge >= 0.3 is 5.97 Å². The molecule has 0 unspecified atom stereocenters. The molecule has 7 heteroatoms. The standard InChI is InChI=1S/C14H18Cl2N2O3/c1-17-11(8-10(15)13(17)16)14(21)18-7-3-2-4-9(18)5-6-12(19)20/h8-9H,2-7H2,1H3,(H,19,20)/t9-/m0/s1. The van der Waals surface area contributed by atoms with E-state index in [1.807, 2.05) is 0 Å². The Morgan fingerprint density at radius 2 is 2.10 bits per heavy atom. The molecule has 1 fully saturated rings. The molecule has 1 aliphatic heterocycles. The van der Waals surface area contributed by atoms with Crippen molar-refractivity contribution in [3.63, 3.8) is 0 Å². The van der Waals surface area contributed by atoms with E-state index < -0.39 is 5.97 Å². The lowest BCUT2D eigenvalue weighted by Crippen LogP contribution is -2.44. The number of aliphatic carboxylic acids is 1. The average molecular weight is 333 g/mol. The molecule has 116 valence electrons. The first-order valence-corrected chi connectivity index (χ1v) is 7.71. The number of piperidine rings is 1. The minimum Gasteiger partial charge on any atom is -0.481 e. The maximum absolute atomic E-state index is 12.7. The monoisotopic (exact) mass is 332 g/mol. The normalized spacial score (nSPS) is 18.8. The Morgan fingerprint density at radius 1 is 1.38 bits per heavy atom. The lowest BCUT2D eigenvalue weighted by molar-refractivity contribution is -0.137. The first kappa shape index (κ1) is 16.2. The van der Waals surface area contributed by atoms with Gasteiger partial charge in [-0.3, -0.25) is 9.59 Å². The van der Waals surface area contributed by atoms with Crippen LogP contribution in [0.1, 0.15) is 42.6 Å². The molecule has 0 bridgehead atoms. The molecule has 5 nitrogen and oxygen atoms in total. The number of carbonyl (C=O) groups excluding carboxylic acids is 1. The summed E-state index contributed by atoms with van der Waals surface area (Å²) >= 11 is 12.0. The van der Waals surface area contributed by atoms with E-state index in [0.29, 0.717) is 28.8 Å². The van der Waals surface area contributed by atoms with Gasteiger partial charge in [-0.25, -0.2) is 0 Å². The number of likely N-dealkylation sites (tertiary alicyclic amines) is 1. The summed E-state index contributed by atoms with van der Waals surface area (Å²) in [5.41, 5.74) is 0.437. The summed E-state index contributed by atoms with van der Waals surface area (Å²) in [4.78, 5) is 25.2. The lowest BCUT2D eigenvalue weighted by atomic mass is 9.97. The van der Waals surface area contributed by atoms with Gasteiger partial charge in [-0.2, -0.15) is 0 Å². The highest BCUT2D eigenvalue weighted by atomic mass is 35.5. The van der Waals surface area contributed by atoms with Crippen LogP contribution >= 0.6 is 23.2 Å². The van der Waals surface area contributed by atoms with Gasteiger partial charge in [0.15, 0.2) is 0 Å². The van der Waals surface area contributed by atoms with Gasteiger partial charge in [0.1, 0.15) is 10.8 Å². The summed E-state index contributed by atoms with van der Waals surface area (Å²) in [6, 6.07) is 1.53. The molecule has 2 heterocycles. The molecule has 0 aromatic carbocycles. The Kier molecular flexibility index (Phi) is 5.17. The molecular formula is C14H18Cl2N2O3. The summed E-state index contributed by atoms with van der Waals surface area (Å²) < 4.78 is 1.56. The van der Waals surface area contributed by atoms with Crippen LogP contribution in [0.4, 0.5) is 0 Å². The Balaban J connectivity index is 2.18. The predicted octanol–water partition coefficient (Wildman–Crippen LogP) is 3.19. The molecule has 0 aliphatic carbocycles. The van der Waals surface area contributed by atoms with Gasteiger partial charge in [0.25, 0.3) is 5.91 Å². The third kappa shape index (κ3) is 3.52. The average Bonchev–Trinajstić information content (AvgIpc) is 2.72. The molecule has 2 rings (SSSR count). The van der Waals surface area contributed by atoms with Crippen LogP contribution in [0, 0.1) is 0 Å². The van der Waals surface area contributed by atoms with Crippen LogP contribution in [0.15, 0.2) is 6.07 Å². The number of hydrogen-bond donors (Lipinski definition) is 1. The SMILES string of the molecule is Cn1c(C(=O)N2CCCC[C@H]2CCC(=O)O)cc(Cl)c1Cl. The smallest absolute Gasteiger partial charge is 0.303 e. The summed E-state index contributed by atoms with van der Waals surface area (Å²) in [6.45, 7) is 0.642. The summed E-state index contributed by atoms with van der Waals surface area (Å²) in [6.07, 6.45) is 3.34. The van der Waals surface area contributed by atoms with Gasteiger partial charge in [0.2, 0.25) is 0 Å². The molecule has 1 amide bonds. The van der Waals surface area contributed by atoms with E-state index in [9.17, 15) is 9.59 Å². The zero-order chi connectivity index (χ0) is 15.6. The number of rotatable bonds is 4. The van der Waals surface area contributed by atoms with Crippen molar-refractivity contribution in [3.05, 3.63) is 21.9 Å². The maximum Gasteiger partial charge on any atom is 0.303 e. The van der Waals surface area contributed by atoms with E-state index in [1.165, 1.54) is 0 Å². The quantitative estimate of drug-likeness (QED) is 0.920. The van der Waals surface area contributed by atoms with Gasteiger partial charge in [-0.05, 0) is 31.7 Å². The maximum atomic E-state index is 12.7. The van der Waals surface area contributed by atoms with Crippen LogP contribution in [-0.2, 0) is 11.8 Å². The molecular weight excluding hydrogens is 315 g/mol. The van der Waals surface area contributed by atoms with Crippen molar-refractivity contribution < 1.29 is 14.7 Å². The fourth-order valence-electron chi connectivity index (χ4n) is 2.75. The molecule has 1 aromatic heterocycles. The largest absolute Gasteiger partial charge is 0.481 e. The number of halogens is 2. The molecule has 0 radical (unpaired) electrons. The van der Waals surface area contributed by atoms with Crippen LogP contribution < -0.4 is 0 Å². The minimum atomic E-state index is -0.835. The van der Waals surface area contributed by atoms with Crippen molar-refractivity contribution in [1.82, 2.24) is 9.47 Å². The van der Waals surface area contributed by atoms with Crippen molar-refractivity contribution in [2.24, 2.45) is 7.05 Å². The Hall–Kier alpha value is -1.20. The van der Waals surface area contributed by atoms with Crippen molar-refractivity contribution in [1.29, 1.82) is 0 Å². The zero-order valence-electron chi connectivity index (χ0n) is 11.8. The van der Waals surface area contributed by atoms with E-state index in [4.69, 9.17) is 28.3 Å². The molecule has 0 spiro atoms. The summed E-state index contributed by atoms with van der Waals surface area (Å²) in [7, 11) is 1.69. The molecule has 1 saturated heterocycles. The fourth-order valence-corrected chi connectivity index (χ4v) is 3.13. The number of carboxylic acids is 1. The van der Waals surface area contributed by atoms with Gasteiger partial charge in [-0.1, -0.05) is 23.2 Å². The van der Waals surface area contributed by atoms with E-state index in [2.05, 4.69) is 0 Å². The molecule has 1 aliphatic rings. The molecule has 1 atom stereocenters. The second kappa shape index (κ2) is 6.71. The third-order valence-electron chi connectivity index (χ3n) is 3.91. The van der Waals surface area contributed by atoms with Crippen molar-refractivity contribution >= 4 is 35.1 Å². The van der Waals surface area contributed by atoms with Crippen LogP contribution in [0.25, 0.3) is 0 Å². The number of nitrogens with zero attached hydrogens (tertiary/aromatic N) is 2. The highest BCUT2D eigenvalue weighted by molar-refractivity contribution is 6.41. The number of carboxylic acid groups (broad SMARTS) is 1. The Bertz CT molecular complexity index is 557. The van der Waals surface area contributed by atoms with E-state index in [-0.39, 0.29) is 18.4 Å². The number of aromatic nitrogens is 1. The third-order valence-corrected chi connectivity index (χ3v) is 4.76. The van der Waals surface area contributed by atoms with E-state index >= 15 is 0 Å². The highest BCUT2D eigenvalue weighted by Crippen LogP contribution is 2.28. The zero-order valence-corrected chi connectivity index (χ0v) is 13.3. The van der Waals surface area contributed by atoms with E-state index in [1.54, 1.807) is 22.6 Å².